The molecule has 4 nitrogen and oxygen atoms in total. The molecule has 0 unspecified atom stereocenters. The van der Waals surface area contributed by atoms with Crippen LogP contribution in [0, 0.1) is 5.82 Å². The number of hydrogen-bond donors (Lipinski definition) is 1. The Morgan fingerprint density at radius 1 is 1.22 bits per heavy atom. The number of ether oxygens (including phenoxy) is 2. The summed E-state index contributed by atoms with van der Waals surface area (Å²) in [7, 11) is 2.94. The molecule has 100 valence electrons. The van der Waals surface area contributed by atoms with Gasteiger partial charge in [0.15, 0.2) is 11.5 Å². The molecule has 0 bridgehead atoms. The molecule has 0 atom stereocenters. The van der Waals surface area contributed by atoms with Gasteiger partial charge < -0.3 is 14.6 Å². The van der Waals surface area contributed by atoms with Crippen molar-refractivity contribution in [2.24, 2.45) is 0 Å². The normalized spacial score (nSPS) is 10.2. The summed E-state index contributed by atoms with van der Waals surface area (Å²) in [6.45, 7) is 0. The first-order valence-electron chi connectivity index (χ1n) is 5.70. The molecule has 1 N–H and O–H groups in total. The van der Waals surface area contributed by atoms with E-state index in [0.29, 0.717) is 36.3 Å². The van der Waals surface area contributed by atoms with Gasteiger partial charge >= 0.3 is 5.97 Å². The fourth-order valence-corrected chi connectivity index (χ4v) is 1.68. The Morgan fingerprint density at radius 3 is 2.39 bits per heavy atom. The third-order valence-corrected chi connectivity index (χ3v) is 2.64. The molecule has 0 fully saturated rings. The number of unbranched alkanes of at least 4 members (excludes halogenated alkanes) is 1. The molecule has 0 aliphatic heterocycles. The third-order valence-electron chi connectivity index (χ3n) is 2.64. The third kappa shape index (κ3) is 3.91. The molecule has 5 heteroatoms. The van der Waals surface area contributed by atoms with Crippen molar-refractivity contribution >= 4 is 5.97 Å². The summed E-state index contributed by atoms with van der Waals surface area (Å²) in [5.74, 6) is -0.359. The highest BCUT2D eigenvalue weighted by molar-refractivity contribution is 5.66. The summed E-state index contributed by atoms with van der Waals surface area (Å²) >= 11 is 0. The zero-order valence-electron chi connectivity index (χ0n) is 10.5. The van der Waals surface area contributed by atoms with Crippen LogP contribution in [0.15, 0.2) is 12.1 Å². The van der Waals surface area contributed by atoms with Gasteiger partial charge in [-0.25, -0.2) is 4.39 Å². The van der Waals surface area contributed by atoms with Gasteiger partial charge in [0.1, 0.15) is 5.82 Å². The summed E-state index contributed by atoms with van der Waals surface area (Å²) in [4.78, 5) is 10.4. The van der Waals surface area contributed by atoms with E-state index < -0.39 is 5.97 Å². The standard InChI is InChI=1S/C13H17FO4/c1-17-11-7-9(5-3-4-6-13(15)16)10(14)8-12(11)18-2/h7-8H,3-6H2,1-2H3,(H,15,16). The first-order chi connectivity index (χ1) is 8.58. The first-order valence-corrected chi connectivity index (χ1v) is 5.70. The Bertz CT molecular complexity index is 418. The number of aryl methyl sites for hydroxylation is 1. The van der Waals surface area contributed by atoms with Crippen LogP contribution >= 0.6 is 0 Å². The Kier molecular flexibility index (Phi) is 5.42. The number of halogens is 1. The topological polar surface area (TPSA) is 55.8 Å². The van der Waals surface area contributed by atoms with Gasteiger partial charge in [-0.1, -0.05) is 0 Å². The fraction of sp³-hybridized carbons (Fsp3) is 0.462. The molecule has 0 saturated heterocycles. The number of carbonyl (C=O) groups is 1. The van der Waals surface area contributed by atoms with E-state index in [1.807, 2.05) is 0 Å². The summed E-state index contributed by atoms with van der Waals surface area (Å²) in [5.41, 5.74) is 0.512. The van der Waals surface area contributed by atoms with E-state index in [-0.39, 0.29) is 12.2 Å². The lowest BCUT2D eigenvalue weighted by Gasteiger charge is -2.10. The summed E-state index contributed by atoms with van der Waals surface area (Å²) in [5, 5.41) is 8.51. The van der Waals surface area contributed by atoms with Gasteiger partial charge in [0.2, 0.25) is 0 Å². The lowest BCUT2D eigenvalue weighted by Crippen LogP contribution is -1.98. The van der Waals surface area contributed by atoms with Crippen molar-refractivity contribution in [2.45, 2.75) is 25.7 Å². The van der Waals surface area contributed by atoms with E-state index in [4.69, 9.17) is 14.6 Å². The van der Waals surface area contributed by atoms with Gasteiger partial charge in [-0.2, -0.15) is 0 Å². The Morgan fingerprint density at radius 2 is 1.83 bits per heavy atom. The van der Waals surface area contributed by atoms with Gasteiger partial charge in [0, 0.05) is 12.5 Å². The molecular formula is C13H17FO4. The van der Waals surface area contributed by atoms with Crippen molar-refractivity contribution in [3.8, 4) is 11.5 Å². The highest BCUT2D eigenvalue weighted by Crippen LogP contribution is 2.30. The Hall–Kier alpha value is -1.78. The number of methoxy groups -OCH3 is 2. The molecule has 1 aromatic carbocycles. The lowest BCUT2D eigenvalue weighted by molar-refractivity contribution is -0.137. The second-order valence-corrected chi connectivity index (χ2v) is 3.90. The van der Waals surface area contributed by atoms with Crippen molar-refractivity contribution in [1.29, 1.82) is 0 Å². The molecule has 18 heavy (non-hydrogen) atoms. The van der Waals surface area contributed by atoms with Crippen molar-refractivity contribution in [1.82, 2.24) is 0 Å². The van der Waals surface area contributed by atoms with Crippen LogP contribution in [0.5, 0.6) is 11.5 Å². The average molecular weight is 256 g/mol. The van der Waals surface area contributed by atoms with Crippen molar-refractivity contribution in [3.05, 3.63) is 23.5 Å². The maximum Gasteiger partial charge on any atom is 0.303 e. The number of carboxylic acids is 1. The predicted octanol–water partition coefficient (Wildman–Crippen LogP) is 2.64. The summed E-state index contributed by atoms with van der Waals surface area (Å²) < 4.78 is 23.8. The smallest absolute Gasteiger partial charge is 0.303 e. The zero-order valence-corrected chi connectivity index (χ0v) is 10.5. The van der Waals surface area contributed by atoms with Gasteiger partial charge in [-0.3, -0.25) is 4.79 Å². The molecule has 0 aromatic heterocycles. The van der Waals surface area contributed by atoms with Gasteiger partial charge in [0.05, 0.1) is 14.2 Å². The predicted molar refractivity (Wildman–Crippen MR) is 64.7 cm³/mol. The van der Waals surface area contributed by atoms with E-state index in [1.165, 1.54) is 20.3 Å². The second-order valence-electron chi connectivity index (χ2n) is 3.90. The van der Waals surface area contributed by atoms with Crippen molar-refractivity contribution in [2.75, 3.05) is 14.2 Å². The van der Waals surface area contributed by atoms with E-state index in [0.717, 1.165) is 0 Å². The molecule has 0 spiro atoms. The van der Waals surface area contributed by atoms with Crippen LogP contribution in [-0.4, -0.2) is 25.3 Å². The molecule has 0 aliphatic carbocycles. The van der Waals surface area contributed by atoms with Crippen LogP contribution in [0.4, 0.5) is 4.39 Å². The number of benzene rings is 1. The quantitative estimate of drug-likeness (QED) is 0.762. The molecule has 0 aliphatic rings. The largest absolute Gasteiger partial charge is 0.493 e. The van der Waals surface area contributed by atoms with Crippen molar-refractivity contribution in [3.63, 3.8) is 0 Å². The summed E-state index contributed by atoms with van der Waals surface area (Å²) in [6.07, 6.45) is 1.75. The van der Waals surface area contributed by atoms with Crippen LogP contribution in [-0.2, 0) is 11.2 Å². The SMILES string of the molecule is COc1cc(F)c(CCCCC(=O)O)cc1OC. The number of hydrogen-bond acceptors (Lipinski definition) is 3. The zero-order chi connectivity index (χ0) is 13.5. The Balaban J connectivity index is 2.68. The van der Waals surface area contributed by atoms with Crippen LogP contribution in [0.2, 0.25) is 0 Å². The first kappa shape index (κ1) is 14.3. The number of rotatable bonds is 7. The maximum absolute atomic E-state index is 13.7. The minimum atomic E-state index is -0.831. The average Bonchev–Trinajstić information content (AvgIpc) is 2.35. The van der Waals surface area contributed by atoms with Gasteiger partial charge in [-0.05, 0) is 30.9 Å². The summed E-state index contributed by atoms with van der Waals surface area (Å²) in [6, 6.07) is 2.88. The molecule has 1 rings (SSSR count). The van der Waals surface area contributed by atoms with E-state index in [1.54, 1.807) is 6.07 Å². The maximum atomic E-state index is 13.7. The molecule has 1 aromatic rings. The number of aliphatic carboxylic acids is 1. The van der Waals surface area contributed by atoms with Crippen LogP contribution < -0.4 is 9.47 Å². The number of carboxylic acid groups (broad SMARTS) is 1. The van der Waals surface area contributed by atoms with Crippen LogP contribution in [0.3, 0.4) is 0 Å². The highest BCUT2D eigenvalue weighted by atomic mass is 19.1. The van der Waals surface area contributed by atoms with Gasteiger partial charge in [0.25, 0.3) is 0 Å². The minimum absolute atomic E-state index is 0.106. The molecule has 0 amide bonds. The minimum Gasteiger partial charge on any atom is -0.493 e. The van der Waals surface area contributed by atoms with E-state index >= 15 is 0 Å². The fourth-order valence-electron chi connectivity index (χ4n) is 1.68. The molecule has 0 saturated carbocycles. The Labute approximate surface area is 105 Å². The molecule has 0 heterocycles. The lowest BCUT2D eigenvalue weighted by atomic mass is 10.1. The van der Waals surface area contributed by atoms with Crippen LogP contribution in [0.1, 0.15) is 24.8 Å². The van der Waals surface area contributed by atoms with E-state index in [9.17, 15) is 9.18 Å². The highest BCUT2D eigenvalue weighted by Gasteiger charge is 2.10. The van der Waals surface area contributed by atoms with Crippen molar-refractivity contribution < 1.29 is 23.8 Å². The monoisotopic (exact) mass is 256 g/mol. The van der Waals surface area contributed by atoms with Gasteiger partial charge in [-0.15, -0.1) is 0 Å². The molecule has 0 radical (unpaired) electrons. The van der Waals surface area contributed by atoms with Crippen LogP contribution in [0.25, 0.3) is 0 Å². The molecular weight excluding hydrogens is 239 g/mol. The second kappa shape index (κ2) is 6.83. The van der Waals surface area contributed by atoms with E-state index in [2.05, 4.69) is 0 Å².